The molecule has 5 nitrogen and oxygen atoms in total. The van der Waals surface area contributed by atoms with Crippen LogP contribution in [0.1, 0.15) is 16.8 Å². The summed E-state index contributed by atoms with van der Waals surface area (Å²) in [6.45, 7) is 6.98. The van der Waals surface area contributed by atoms with Crippen molar-refractivity contribution in [2.45, 2.75) is 26.1 Å². The molecule has 150 valence electrons. The Hall–Kier alpha value is -3.44. The minimum atomic E-state index is -0.0300. The van der Waals surface area contributed by atoms with Crippen molar-refractivity contribution in [3.63, 3.8) is 0 Å². The molecule has 3 heterocycles. The van der Waals surface area contributed by atoms with Gasteiger partial charge in [-0.3, -0.25) is 9.69 Å². The zero-order chi connectivity index (χ0) is 20.5. The van der Waals surface area contributed by atoms with Crippen LogP contribution in [0.25, 0.3) is 22.3 Å². The number of hydrogen-bond donors (Lipinski definition) is 1. The minimum Gasteiger partial charge on any atom is -0.343 e. The standard InChI is InChI=1S/C25H24N4O/c1-2-13-29-16-19(20-10-6-7-11-23(20)29)15-28-14-12-22-21(17-28)25(30)27-24(26-22)18-8-4-3-5-9-18/h2-11,16H,1,12-15,17H2,(H,26,27,30). The molecule has 0 amide bonds. The molecule has 5 rings (SSSR count). The Bertz CT molecular complexity index is 1270. The van der Waals surface area contributed by atoms with Crippen molar-refractivity contribution in [1.82, 2.24) is 19.4 Å². The summed E-state index contributed by atoms with van der Waals surface area (Å²) >= 11 is 0. The average Bonchev–Trinajstić information content (AvgIpc) is 3.12. The van der Waals surface area contributed by atoms with Crippen LogP contribution in [0.4, 0.5) is 0 Å². The molecule has 0 aliphatic carbocycles. The summed E-state index contributed by atoms with van der Waals surface area (Å²) in [5.41, 5.74) is 5.12. The lowest BCUT2D eigenvalue weighted by molar-refractivity contribution is 0.242. The van der Waals surface area contributed by atoms with Crippen molar-refractivity contribution in [3.05, 3.63) is 101 Å². The molecule has 0 bridgehead atoms. The molecule has 0 radical (unpaired) electrons. The summed E-state index contributed by atoms with van der Waals surface area (Å²) in [6, 6.07) is 18.3. The number of rotatable bonds is 5. The van der Waals surface area contributed by atoms with Crippen molar-refractivity contribution in [3.8, 4) is 11.4 Å². The largest absolute Gasteiger partial charge is 0.343 e. The first-order chi connectivity index (χ1) is 14.7. The van der Waals surface area contributed by atoms with Crippen LogP contribution in [-0.2, 0) is 26.1 Å². The third-order valence-corrected chi connectivity index (χ3v) is 5.79. The summed E-state index contributed by atoms with van der Waals surface area (Å²) < 4.78 is 2.23. The fraction of sp³-hybridized carbons (Fsp3) is 0.200. The van der Waals surface area contributed by atoms with Crippen LogP contribution in [0, 0.1) is 0 Å². The molecule has 1 aliphatic heterocycles. The molecule has 30 heavy (non-hydrogen) atoms. The van der Waals surface area contributed by atoms with Crippen LogP contribution in [0.2, 0.25) is 0 Å². The second-order valence-electron chi connectivity index (χ2n) is 7.78. The third-order valence-electron chi connectivity index (χ3n) is 5.79. The lowest BCUT2D eigenvalue weighted by Gasteiger charge is -2.27. The molecule has 0 saturated carbocycles. The fourth-order valence-electron chi connectivity index (χ4n) is 4.33. The highest BCUT2D eigenvalue weighted by molar-refractivity contribution is 5.84. The lowest BCUT2D eigenvalue weighted by Crippen LogP contribution is -2.35. The molecule has 0 saturated heterocycles. The maximum atomic E-state index is 12.8. The number of para-hydroxylation sites is 1. The normalized spacial score (nSPS) is 14.0. The molecular weight excluding hydrogens is 372 g/mol. The van der Waals surface area contributed by atoms with Crippen molar-refractivity contribution in [2.24, 2.45) is 0 Å². The van der Waals surface area contributed by atoms with Gasteiger partial charge >= 0.3 is 0 Å². The van der Waals surface area contributed by atoms with Gasteiger partial charge in [-0.15, -0.1) is 6.58 Å². The van der Waals surface area contributed by atoms with Gasteiger partial charge in [0.15, 0.2) is 0 Å². The topological polar surface area (TPSA) is 53.9 Å². The van der Waals surface area contributed by atoms with Crippen LogP contribution in [0.3, 0.4) is 0 Å². The quantitative estimate of drug-likeness (QED) is 0.516. The van der Waals surface area contributed by atoms with E-state index in [1.54, 1.807) is 0 Å². The van der Waals surface area contributed by atoms with Crippen LogP contribution in [0.15, 0.2) is 78.2 Å². The smallest absolute Gasteiger partial charge is 0.255 e. The first kappa shape index (κ1) is 18.6. The van der Waals surface area contributed by atoms with E-state index < -0.39 is 0 Å². The predicted octanol–water partition coefficient (Wildman–Crippen LogP) is 4.14. The van der Waals surface area contributed by atoms with E-state index in [4.69, 9.17) is 4.98 Å². The van der Waals surface area contributed by atoms with E-state index in [1.165, 1.54) is 16.5 Å². The van der Waals surface area contributed by atoms with Crippen LogP contribution < -0.4 is 5.56 Å². The van der Waals surface area contributed by atoms with E-state index in [2.05, 4.69) is 51.5 Å². The van der Waals surface area contributed by atoms with E-state index in [9.17, 15) is 4.79 Å². The van der Waals surface area contributed by atoms with Crippen LogP contribution in [0.5, 0.6) is 0 Å². The van der Waals surface area contributed by atoms with Gasteiger partial charge in [0.25, 0.3) is 5.56 Å². The predicted molar refractivity (Wildman–Crippen MR) is 120 cm³/mol. The van der Waals surface area contributed by atoms with Crippen molar-refractivity contribution in [2.75, 3.05) is 6.54 Å². The van der Waals surface area contributed by atoms with E-state index in [1.807, 2.05) is 36.4 Å². The van der Waals surface area contributed by atoms with Gasteiger partial charge in [0.05, 0.1) is 11.3 Å². The Morgan fingerprint density at radius 2 is 1.90 bits per heavy atom. The van der Waals surface area contributed by atoms with Crippen molar-refractivity contribution < 1.29 is 0 Å². The summed E-state index contributed by atoms with van der Waals surface area (Å²) in [5, 5.41) is 1.26. The number of allylic oxidation sites excluding steroid dienone is 1. The highest BCUT2D eigenvalue weighted by atomic mass is 16.1. The molecule has 4 aromatic rings. The Balaban J connectivity index is 1.42. The Morgan fingerprint density at radius 3 is 2.73 bits per heavy atom. The molecule has 1 N–H and O–H groups in total. The molecule has 0 fully saturated rings. The van der Waals surface area contributed by atoms with Crippen molar-refractivity contribution >= 4 is 10.9 Å². The third kappa shape index (κ3) is 3.37. The number of nitrogens with zero attached hydrogens (tertiary/aromatic N) is 3. The van der Waals surface area contributed by atoms with E-state index >= 15 is 0 Å². The van der Waals surface area contributed by atoms with Crippen LogP contribution in [-0.4, -0.2) is 26.0 Å². The van der Waals surface area contributed by atoms with Gasteiger partial charge < -0.3 is 9.55 Å². The molecular formula is C25H24N4O. The highest BCUT2D eigenvalue weighted by Crippen LogP contribution is 2.25. The molecule has 1 aliphatic rings. The van der Waals surface area contributed by atoms with Gasteiger partial charge in [-0.25, -0.2) is 4.98 Å². The molecule has 0 atom stereocenters. The van der Waals surface area contributed by atoms with E-state index in [0.29, 0.717) is 12.4 Å². The number of hydrogen-bond acceptors (Lipinski definition) is 3. The zero-order valence-corrected chi connectivity index (χ0v) is 16.8. The van der Waals surface area contributed by atoms with Crippen molar-refractivity contribution in [1.29, 1.82) is 0 Å². The minimum absolute atomic E-state index is 0.0300. The summed E-state index contributed by atoms with van der Waals surface area (Å²) in [4.78, 5) is 22.9. The number of fused-ring (bicyclic) bond motifs is 2. The first-order valence-corrected chi connectivity index (χ1v) is 10.3. The van der Waals surface area contributed by atoms with Gasteiger partial charge in [-0.2, -0.15) is 0 Å². The number of benzene rings is 2. The van der Waals surface area contributed by atoms with Gasteiger partial charge in [0.1, 0.15) is 5.82 Å². The monoisotopic (exact) mass is 396 g/mol. The number of aromatic nitrogens is 3. The average molecular weight is 396 g/mol. The zero-order valence-electron chi connectivity index (χ0n) is 16.8. The van der Waals surface area contributed by atoms with E-state index in [0.717, 1.165) is 42.9 Å². The fourth-order valence-corrected chi connectivity index (χ4v) is 4.33. The van der Waals surface area contributed by atoms with Gasteiger partial charge in [-0.1, -0.05) is 54.6 Å². The van der Waals surface area contributed by atoms with E-state index in [-0.39, 0.29) is 5.56 Å². The van der Waals surface area contributed by atoms with Gasteiger partial charge in [0.2, 0.25) is 0 Å². The molecule has 0 spiro atoms. The maximum absolute atomic E-state index is 12.8. The number of nitrogens with one attached hydrogen (secondary N) is 1. The Labute approximate surface area is 175 Å². The number of H-pyrrole nitrogens is 1. The lowest BCUT2D eigenvalue weighted by atomic mass is 10.1. The first-order valence-electron chi connectivity index (χ1n) is 10.3. The Kier molecular flexibility index (Phi) is 4.81. The maximum Gasteiger partial charge on any atom is 0.255 e. The Morgan fingerprint density at radius 1 is 1.10 bits per heavy atom. The molecule has 5 heteroatoms. The second-order valence-corrected chi connectivity index (χ2v) is 7.78. The van der Waals surface area contributed by atoms with Crippen LogP contribution >= 0.6 is 0 Å². The summed E-state index contributed by atoms with van der Waals surface area (Å²) in [6.07, 6.45) is 4.91. The number of aromatic amines is 1. The molecule has 0 unspecified atom stereocenters. The van der Waals surface area contributed by atoms with Gasteiger partial charge in [0, 0.05) is 55.3 Å². The SMILES string of the molecule is C=CCn1cc(CN2CCc3nc(-c4ccccc4)[nH]c(=O)c3C2)c2ccccc21. The molecule has 2 aromatic heterocycles. The van der Waals surface area contributed by atoms with Gasteiger partial charge in [-0.05, 0) is 11.6 Å². The highest BCUT2D eigenvalue weighted by Gasteiger charge is 2.22. The second kappa shape index (κ2) is 7.76. The summed E-state index contributed by atoms with van der Waals surface area (Å²) in [7, 11) is 0. The summed E-state index contributed by atoms with van der Waals surface area (Å²) in [5.74, 6) is 0.653. The molecule has 2 aromatic carbocycles.